The molecule has 0 radical (unpaired) electrons. The molecule has 0 amide bonds. The molecule has 234 valence electrons. The number of aliphatic hydroxyl groups excluding tert-OH is 6. The minimum absolute atomic E-state index is 0.0313. The minimum Gasteiger partial charge on any atom is -0.508 e. The lowest BCUT2D eigenvalue weighted by Gasteiger charge is -2.42. The Bertz CT molecular complexity index is 1540. The van der Waals surface area contributed by atoms with Gasteiger partial charge in [-0.15, -0.1) is 0 Å². The Hall–Kier alpha value is -3.71. The summed E-state index contributed by atoms with van der Waals surface area (Å²) >= 11 is 0. The number of rotatable bonds is 6. The third kappa shape index (κ3) is 5.67. The van der Waals surface area contributed by atoms with Crippen LogP contribution in [0.4, 0.5) is 0 Å². The van der Waals surface area contributed by atoms with Crippen LogP contribution in [-0.4, -0.2) is 119 Å². The van der Waals surface area contributed by atoms with Gasteiger partial charge in [0.25, 0.3) is 0 Å². The number of aliphatic hydroxyl groups is 6. The van der Waals surface area contributed by atoms with Crippen molar-refractivity contribution in [2.24, 2.45) is 0 Å². The lowest BCUT2D eigenvalue weighted by atomic mass is 9.98. The molecule has 0 aliphatic carbocycles. The molecule has 3 unspecified atom stereocenters. The molecule has 3 heterocycles. The van der Waals surface area contributed by atoms with Crippen LogP contribution in [0.2, 0.25) is 0 Å². The topological polar surface area (TPSA) is 269 Å². The van der Waals surface area contributed by atoms with E-state index in [0.717, 1.165) is 24.3 Å². The molecule has 0 bridgehead atoms. The fraction of sp³-hybridized carbons (Fsp3) is 0.444. The van der Waals surface area contributed by atoms with E-state index >= 15 is 0 Å². The standard InChI is InChI=1S/C27H30O16/c1-8-17(32)20(35)22(37)26(40-8)39-7-15-18(33)21(36)23(38)27(42-15)43-25-19(34)16-13(31)5-10(28)6-14(16)41-24(25)9-2-3-11(29)12(30)4-9/h2-6,8,15,17-18,20-23,26-33,35-38H,7H2,1H3/t8-,15?,17-,18+,20+,21-,22?,23+,26?,27-/m1/s1. The summed E-state index contributed by atoms with van der Waals surface area (Å²) < 4.78 is 27.8. The Kier molecular flexibility index (Phi) is 8.41. The molecular weight excluding hydrogens is 580 g/mol. The summed E-state index contributed by atoms with van der Waals surface area (Å²) in [6.07, 6.45) is -16.2. The van der Waals surface area contributed by atoms with Crippen LogP contribution >= 0.6 is 0 Å². The number of fused-ring (bicyclic) bond motifs is 1. The van der Waals surface area contributed by atoms with E-state index in [2.05, 4.69) is 0 Å². The number of hydrogen-bond donors (Lipinski definition) is 10. The summed E-state index contributed by atoms with van der Waals surface area (Å²) in [6, 6.07) is 5.24. The predicted molar refractivity (Wildman–Crippen MR) is 140 cm³/mol. The SMILES string of the molecule is C[C@H]1OC(OCC2O[C@H](Oc3c(-c4ccc(O)c(O)c4)oc4cc(O)cc(O)c4c3=O)[C@@H](O)[C@H](O)[C@H]2O)C(O)[C@@H](O)[C@@H]1O. The van der Waals surface area contributed by atoms with Gasteiger partial charge in [0, 0.05) is 17.7 Å². The van der Waals surface area contributed by atoms with E-state index in [-0.39, 0.29) is 11.1 Å². The number of hydrogen-bond acceptors (Lipinski definition) is 16. The van der Waals surface area contributed by atoms with E-state index in [0.29, 0.717) is 0 Å². The van der Waals surface area contributed by atoms with E-state index in [1.165, 1.54) is 13.0 Å². The van der Waals surface area contributed by atoms with Gasteiger partial charge in [-0.1, -0.05) is 0 Å². The van der Waals surface area contributed by atoms with Crippen LogP contribution < -0.4 is 10.2 Å². The monoisotopic (exact) mass is 610 g/mol. The highest BCUT2D eigenvalue weighted by molar-refractivity contribution is 5.88. The zero-order valence-corrected chi connectivity index (χ0v) is 22.3. The number of aromatic hydroxyl groups is 4. The normalized spacial score (nSPS) is 33.0. The molecule has 0 spiro atoms. The molecule has 3 aromatic rings. The number of phenolic OH excluding ortho intramolecular Hbond substituents is 4. The van der Waals surface area contributed by atoms with Gasteiger partial charge in [-0.05, 0) is 25.1 Å². The van der Waals surface area contributed by atoms with Crippen LogP contribution in [0, 0.1) is 0 Å². The molecule has 2 aliphatic heterocycles. The Morgan fingerprint density at radius 1 is 0.744 bits per heavy atom. The van der Waals surface area contributed by atoms with Gasteiger partial charge in [-0.3, -0.25) is 4.79 Å². The van der Waals surface area contributed by atoms with Crippen molar-refractivity contribution in [1.29, 1.82) is 0 Å². The second-order valence-electron chi connectivity index (χ2n) is 10.3. The first kappa shape index (κ1) is 30.7. The highest BCUT2D eigenvalue weighted by Crippen LogP contribution is 2.39. The van der Waals surface area contributed by atoms with Crippen LogP contribution in [0.15, 0.2) is 39.5 Å². The Labute approximate surface area is 241 Å². The molecular formula is C27H30O16. The average molecular weight is 611 g/mol. The third-order valence-electron chi connectivity index (χ3n) is 7.29. The smallest absolute Gasteiger partial charge is 0.239 e. The second-order valence-corrected chi connectivity index (χ2v) is 10.3. The van der Waals surface area contributed by atoms with Crippen LogP contribution in [0.5, 0.6) is 28.7 Å². The van der Waals surface area contributed by atoms with Gasteiger partial charge in [-0.2, -0.15) is 0 Å². The van der Waals surface area contributed by atoms with Crippen molar-refractivity contribution in [3.63, 3.8) is 0 Å². The van der Waals surface area contributed by atoms with Gasteiger partial charge in [0.1, 0.15) is 65.2 Å². The van der Waals surface area contributed by atoms with Crippen molar-refractivity contribution < 1.29 is 74.4 Å². The van der Waals surface area contributed by atoms with Crippen LogP contribution in [0.1, 0.15) is 6.92 Å². The van der Waals surface area contributed by atoms with Crippen LogP contribution in [0.3, 0.4) is 0 Å². The summed E-state index contributed by atoms with van der Waals surface area (Å²) in [5, 5.41) is 101. The average Bonchev–Trinajstić information content (AvgIpc) is 2.96. The maximum Gasteiger partial charge on any atom is 0.239 e. The molecule has 2 fully saturated rings. The van der Waals surface area contributed by atoms with Crippen LogP contribution in [0.25, 0.3) is 22.3 Å². The highest BCUT2D eigenvalue weighted by atomic mass is 16.7. The highest BCUT2D eigenvalue weighted by Gasteiger charge is 2.47. The molecule has 10 N–H and O–H groups in total. The molecule has 16 nitrogen and oxygen atoms in total. The maximum absolute atomic E-state index is 13.6. The van der Waals surface area contributed by atoms with Crippen LogP contribution in [-0.2, 0) is 14.2 Å². The zero-order valence-electron chi connectivity index (χ0n) is 22.3. The summed E-state index contributed by atoms with van der Waals surface area (Å²) in [7, 11) is 0. The second kappa shape index (κ2) is 11.8. The number of phenols is 4. The Morgan fingerprint density at radius 2 is 1.42 bits per heavy atom. The number of ether oxygens (including phenoxy) is 4. The molecule has 2 aliphatic rings. The largest absolute Gasteiger partial charge is 0.508 e. The van der Waals surface area contributed by atoms with Crippen molar-refractivity contribution in [2.75, 3.05) is 6.61 Å². The van der Waals surface area contributed by atoms with Gasteiger partial charge >= 0.3 is 0 Å². The summed E-state index contributed by atoms with van der Waals surface area (Å²) in [4.78, 5) is 13.6. The van der Waals surface area contributed by atoms with Crippen molar-refractivity contribution in [3.05, 3.63) is 40.6 Å². The minimum atomic E-state index is -1.97. The fourth-order valence-electron chi connectivity index (χ4n) is 4.84. The van der Waals surface area contributed by atoms with Crippen molar-refractivity contribution in [3.8, 4) is 40.1 Å². The van der Waals surface area contributed by atoms with E-state index in [1.54, 1.807) is 0 Å². The molecule has 5 rings (SSSR count). The van der Waals surface area contributed by atoms with Crippen molar-refractivity contribution in [1.82, 2.24) is 0 Å². The Morgan fingerprint density at radius 3 is 2.12 bits per heavy atom. The lowest BCUT2D eigenvalue weighted by molar-refractivity contribution is -0.318. The van der Waals surface area contributed by atoms with E-state index in [4.69, 9.17) is 23.4 Å². The van der Waals surface area contributed by atoms with Gasteiger partial charge < -0.3 is 74.4 Å². The molecule has 2 aromatic carbocycles. The van der Waals surface area contributed by atoms with Crippen molar-refractivity contribution >= 4 is 11.0 Å². The fourth-order valence-corrected chi connectivity index (χ4v) is 4.84. The summed E-state index contributed by atoms with van der Waals surface area (Å²) in [5.74, 6) is -3.33. The maximum atomic E-state index is 13.6. The summed E-state index contributed by atoms with van der Waals surface area (Å²) in [5.41, 5.74) is -1.35. The molecule has 10 atom stereocenters. The number of benzene rings is 2. The summed E-state index contributed by atoms with van der Waals surface area (Å²) in [6.45, 7) is 0.818. The first-order valence-electron chi connectivity index (χ1n) is 13.0. The molecule has 16 heteroatoms. The van der Waals surface area contributed by atoms with Crippen molar-refractivity contribution in [2.45, 2.75) is 68.3 Å². The first-order valence-corrected chi connectivity index (χ1v) is 13.0. The zero-order chi connectivity index (χ0) is 31.3. The molecule has 1 aromatic heterocycles. The van der Waals surface area contributed by atoms with E-state index < -0.39 is 113 Å². The molecule has 43 heavy (non-hydrogen) atoms. The van der Waals surface area contributed by atoms with Gasteiger partial charge in [0.05, 0.1) is 12.7 Å². The quantitative estimate of drug-likeness (QED) is 0.140. The Balaban J connectivity index is 1.48. The lowest BCUT2D eigenvalue weighted by Crippen LogP contribution is -2.61. The first-order chi connectivity index (χ1) is 20.3. The van der Waals surface area contributed by atoms with Gasteiger partial charge in [-0.25, -0.2) is 0 Å². The van der Waals surface area contributed by atoms with Gasteiger partial charge in [0.15, 0.2) is 23.5 Å². The van der Waals surface area contributed by atoms with E-state index in [9.17, 15) is 55.9 Å². The van der Waals surface area contributed by atoms with E-state index in [1.807, 2.05) is 0 Å². The molecule has 2 saturated heterocycles. The van der Waals surface area contributed by atoms with Gasteiger partial charge in [0.2, 0.25) is 17.5 Å². The molecule has 0 saturated carbocycles. The predicted octanol–water partition coefficient (Wildman–Crippen LogP) is -1.69. The third-order valence-corrected chi connectivity index (χ3v) is 7.29.